The van der Waals surface area contributed by atoms with E-state index in [0.717, 1.165) is 31.5 Å². The average Bonchev–Trinajstić information content (AvgIpc) is 3.04. The Labute approximate surface area is 170 Å². The number of benzene rings is 1. The standard InChI is InChI=1S/C19H25ClN2O3S2/c1-25-19-7-6-16(12-17(19)20)27(23,24)21-13-18(15-8-11-26-14-15)22-9-4-2-3-5-10-22/h6-8,11-12,14,18,21H,2-5,9-10,13H2,1H3/t18-/m0/s1. The molecule has 0 amide bonds. The van der Waals surface area contributed by atoms with E-state index in [0.29, 0.717) is 12.3 Å². The number of likely N-dealkylation sites (tertiary alicyclic amines) is 1. The molecule has 1 N–H and O–H groups in total. The number of rotatable bonds is 7. The number of sulfonamides is 1. The summed E-state index contributed by atoms with van der Waals surface area (Å²) in [7, 11) is -2.15. The van der Waals surface area contributed by atoms with E-state index >= 15 is 0 Å². The number of hydrogen-bond acceptors (Lipinski definition) is 5. The number of hydrogen-bond donors (Lipinski definition) is 1. The summed E-state index contributed by atoms with van der Waals surface area (Å²) in [6.07, 6.45) is 4.79. The first-order chi connectivity index (χ1) is 13.0. The van der Waals surface area contributed by atoms with Crippen molar-refractivity contribution in [2.45, 2.75) is 36.6 Å². The largest absolute Gasteiger partial charge is 0.495 e. The smallest absolute Gasteiger partial charge is 0.240 e. The second-order valence-corrected chi connectivity index (χ2v) is 9.63. The minimum Gasteiger partial charge on any atom is -0.495 e. The topological polar surface area (TPSA) is 58.6 Å². The van der Waals surface area contributed by atoms with E-state index in [1.165, 1.54) is 32.1 Å². The van der Waals surface area contributed by atoms with Crippen molar-refractivity contribution in [2.75, 3.05) is 26.7 Å². The molecule has 27 heavy (non-hydrogen) atoms. The third-order valence-electron chi connectivity index (χ3n) is 4.91. The van der Waals surface area contributed by atoms with Crippen LogP contribution in [-0.4, -0.2) is 40.1 Å². The van der Waals surface area contributed by atoms with Gasteiger partial charge >= 0.3 is 0 Å². The molecule has 1 atom stereocenters. The van der Waals surface area contributed by atoms with Gasteiger partial charge < -0.3 is 4.74 Å². The third-order valence-corrected chi connectivity index (χ3v) is 7.33. The Balaban J connectivity index is 1.76. The van der Waals surface area contributed by atoms with Crippen molar-refractivity contribution in [1.82, 2.24) is 9.62 Å². The molecule has 1 aliphatic heterocycles. The van der Waals surface area contributed by atoms with Crippen LogP contribution in [0.1, 0.15) is 37.3 Å². The molecule has 0 aliphatic carbocycles. The van der Waals surface area contributed by atoms with Crippen LogP contribution in [0.5, 0.6) is 5.75 Å². The molecule has 1 aliphatic rings. The highest BCUT2D eigenvalue weighted by Gasteiger charge is 2.25. The molecule has 1 aromatic carbocycles. The second kappa shape index (κ2) is 9.39. The molecule has 1 fully saturated rings. The minimum atomic E-state index is -3.65. The van der Waals surface area contributed by atoms with E-state index < -0.39 is 10.0 Å². The van der Waals surface area contributed by atoms with Crippen LogP contribution < -0.4 is 9.46 Å². The summed E-state index contributed by atoms with van der Waals surface area (Å²) >= 11 is 7.73. The molecule has 2 heterocycles. The highest BCUT2D eigenvalue weighted by atomic mass is 35.5. The lowest BCUT2D eigenvalue weighted by atomic mass is 10.1. The van der Waals surface area contributed by atoms with E-state index in [-0.39, 0.29) is 16.0 Å². The summed E-state index contributed by atoms with van der Waals surface area (Å²) < 4.78 is 33.4. The lowest BCUT2D eigenvalue weighted by Crippen LogP contribution is -2.38. The van der Waals surface area contributed by atoms with Gasteiger partial charge in [0.15, 0.2) is 0 Å². The second-order valence-electron chi connectivity index (χ2n) is 6.67. The van der Waals surface area contributed by atoms with Crippen LogP contribution in [0.4, 0.5) is 0 Å². The Morgan fingerprint density at radius 1 is 1.22 bits per heavy atom. The molecule has 148 valence electrons. The molecule has 8 heteroatoms. The van der Waals surface area contributed by atoms with E-state index in [2.05, 4.69) is 21.1 Å². The Morgan fingerprint density at radius 2 is 1.96 bits per heavy atom. The number of thiophene rings is 1. The number of halogens is 1. The molecular weight excluding hydrogens is 404 g/mol. The average molecular weight is 429 g/mol. The van der Waals surface area contributed by atoms with Crippen LogP contribution >= 0.6 is 22.9 Å². The van der Waals surface area contributed by atoms with Crippen molar-refractivity contribution >= 4 is 33.0 Å². The van der Waals surface area contributed by atoms with Gasteiger partial charge in [-0.05, 0) is 66.5 Å². The molecule has 5 nitrogen and oxygen atoms in total. The van der Waals surface area contributed by atoms with Crippen molar-refractivity contribution in [2.24, 2.45) is 0 Å². The normalized spacial score (nSPS) is 17.4. The van der Waals surface area contributed by atoms with E-state index in [1.54, 1.807) is 17.4 Å². The monoisotopic (exact) mass is 428 g/mol. The highest BCUT2D eigenvalue weighted by molar-refractivity contribution is 7.89. The first-order valence-electron chi connectivity index (χ1n) is 9.10. The van der Waals surface area contributed by atoms with Crippen LogP contribution in [0.2, 0.25) is 5.02 Å². The molecule has 3 rings (SSSR count). The predicted octanol–water partition coefficient (Wildman–Crippen LogP) is 4.31. The van der Waals surface area contributed by atoms with Gasteiger partial charge in [0.25, 0.3) is 0 Å². The number of methoxy groups -OCH3 is 1. The van der Waals surface area contributed by atoms with Crippen LogP contribution in [0, 0.1) is 0 Å². The van der Waals surface area contributed by atoms with Crippen LogP contribution in [0.3, 0.4) is 0 Å². The molecule has 2 aromatic rings. The van der Waals surface area contributed by atoms with Crippen LogP contribution in [0.25, 0.3) is 0 Å². The van der Waals surface area contributed by atoms with Crippen molar-refractivity contribution in [3.05, 3.63) is 45.6 Å². The Hall–Kier alpha value is -1.12. The SMILES string of the molecule is COc1ccc(S(=O)(=O)NC[C@@H](c2ccsc2)N2CCCCCC2)cc1Cl. The summed E-state index contributed by atoms with van der Waals surface area (Å²) in [4.78, 5) is 2.55. The van der Waals surface area contributed by atoms with Gasteiger partial charge in [0.05, 0.1) is 17.0 Å². The maximum atomic E-state index is 12.8. The van der Waals surface area contributed by atoms with E-state index in [9.17, 15) is 8.42 Å². The number of ether oxygens (including phenoxy) is 1. The lowest BCUT2D eigenvalue weighted by Gasteiger charge is -2.30. The maximum absolute atomic E-state index is 12.8. The Bertz CT molecular complexity index is 833. The summed E-state index contributed by atoms with van der Waals surface area (Å²) in [6.45, 7) is 2.33. The van der Waals surface area contributed by atoms with Gasteiger partial charge in [-0.3, -0.25) is 4.90 Å². The first-order valence-corrected chi connectivity index (χ1v) is 11.9. The fourth-order valence-corrected chi connectivity index (χ4v) is 5.51. The molecule has 0 spiro atoms. The van der Waals surface area contributed by atoms with Gasteiger partial charge in [0.1, 0.15) is 5.75 Å². The van der Waals surface area contributed by atoms with E-state index in [4.69, 9.17) is 16.3 Å². The van der Waals surface area contributed by atoms with Gasteiger partial charge in [-0.2, -0.15) is 11.3 Å². The van der Waals surface area contributed by atoms with Gasteiger partial charge in [-0.15, -0.1) is 0 Å². The van der Waals surface area contributed by atoms with Crippen LogP contribution in [-0.2, 0) is 10.0 Å². The number of nitrogens with one attached hydrogen (secondary N) is 1. The predicted molar refractivity (Wildman–Crippen MR) is 110 cm³/mol. The van der Waals surface area contributed by atoms with Gasteiger partial charge in [0.2, 0.25) is 10.0 Å². The summed E-state index contributed by atoms with van der Waals surface area (Å²) in [5.74, 6) is 0.455. The molecule has 1 aromatic heterocycles. The summed E-state index contributed by atoms with van der Waals surface area (Å²) in [5, 5.41) is 4.42. The van der Waals surface area contributed by atoms with Gasteiger partial charge in [-0.25, -0.2) is 13.1 Å². The molecule has 1 saturated heterocycles. The highest BCUT2D eigenvalue weighted by Crippen LogP contribution is 2.28. The fourth-order valence-electron chi connectivity index (χ4n) is 3.42. The Kier molecular flexibility index (Phi) is 7.16. The van der Waals surface area contributed by atoms with Crippen molar-refractivity contribution in [3.8, 4) is 5.75 Å². The van der Waals surface area contributed by atoms with Crippen molar-refractivity contribution < 1.29 is 13.2 Å². The zero-order valence-electron chi connectivity index (χ0n) is 15.4. The van der Waals surface area contributed by atoms with Crippen molar-refractivity contribution in [1.29, 1.82) is 0 Å². The van der Waals surface area contributed by atoms with Gasteiger partial charge in [0, 0.05) is 12.6 Å². The quantitative estimate of drug-likeness (QED) is 0.714. The third kappa shape index (κ3) is 5.23. The summed E-state index contributed by atoms with van der Waals surface area (Å²) in [6, 6.07) is 6.63. The van der Waals surface area contributed by atoms with Crippen molar-refractivity contribution in [3.63, 3.8) is 0 Å². The molecule has 0 unspecified atom stereocenters. The zero-order chi connectivity index (χ0) is 19.3. The first kappa shape index (κ1) is 20.6. The molecule has 0 saturated carbocycles. The minimum absolute atomic E-state index is 0.0397. The Morgan fingerprint density at radius 3 is 2.56 bits per heavy atom. The summed E-state index contributed by atoms with van der Waals surface area (Å²) in [5.41, 5.74) is 1.16. The van der Waals surface area contributed by atoms with Gasteiger partial charge in [-0.1, -0.05) is 24.4 Å². The lowest BCUT2D eigenvalue weighted by molar-refractivity contribution is 0.206. The number of nitrogens with zero attached hydrogens (tertiary/aromatic N) is 1. The van der Waals surface area contributed by atoms with Crippen LogP contribution in [0.15, 0.2) is 39.9 Å². The van der Waals surface area contributed by atoms with E-state index in [1.807, 2.05) is 5.38 Å². The maximum Gasteiger partial charge on any atom is 0.240 e. The molecule has 0 bridgehead atoms. The molecule has 0 radical (unpaired) electrons. The molecular formula is C19H25ClN2O3S2. The fraction of sp³-hybridized carbons (Fsp3) is 0.474. The zero-order valence-corrected chi connectivity index (χ0v) is 17.7.